The second kappa shape index (κ2) is 3.99. The fourth-order valence-electron chi connectivity index (χ4n) is 3.79. The van der Waals surface area contributed by atoms with Crippen LogP contribution in [0.4, 0.5) is 57.1 Å². The summed E-state index contributed by atoms with van der Waals surface area (Å²) >= 11 is 13.2. The van der Waals surface area contributed by atoms with Crippen molar-refractivity contribution in [2.45, 2.75) is 55.8 Å². The van der Waals surface area contributed by atoms with E-state index in [1.54, 1.807) is 0 Å². The molecule has 0 N–H and O–H groups in total. The Morgan fingerprint density at radius 1 is 0.308 bits per heavy atom. The van der Waals surface area contributed by atoms with E-state index in [0.29, 0.717) is 0 Å². The molecule has 0 aromatic heterocycles. The molecule has 16 heteroatoms. The normalized spacial score (nSPS) is 53.5. The Morgan fingerprint density at radius 2 is 0.462 bits per heavy atom. The summed E-state index contributed by atoms with van der Waals surface area (Å²) in [6, 6.07) is 0. The van der Waals surface area contributed by atoms with Crippen LogP contribution < -0.4 is 0 Å². The van der Waals surface area contributed by atoms with E-state index >= 15 is 0 Å². The van der Waals surface area contributed by atoms with E-state index in [2.05, 4.69) is 34.8 Å². The molecule has 152 valence electrons. The molecule has 0 aromatic carbocycles. The maximum Gasteiger partial charge on any atom is 0.324 e. The maximum absolute atomic E-state index is 14.5. The van der Waals surface area contributed by atoms with Crippen molar-refractivity contribution in [1.29, 1.82) is 0 Å². The minimum absolute atomic E-state index is 4.40. The Bertz CT molecular complexity index is 518. The average Bonchev–Trinajstić information content (AvgIpc) is 2.46. The minimum Gasteiger partial charge on any atom is -0.223 e. The first-order valence-corrected chi connectivity index (χ1v) is 7.16. The van der Waals surface area contributed by atoms with Crippen molar-refractivity contribution in [2.24, 2.45) is 0 Å². The molecule has 0 spiro atoms. The molecule has 0 aliphatic heterocycles. The summed E-state index contributed by atoms with van der Waals surface area (Å²) in [5.41, 5.74) is -7.09. The third-order valence-electron chi connectivity index (χ3n) is 5.19. The van der Waals surface area contributed by atoms with Crippen LogP contribution in [0.5, 0.6) is 0 Å². The largest absolute Gasteiger partial charge is 0.324 e. The van der Waals surface area contributed by atoms with Gasteiger partial charge in [0, 0.05) is 0 Å². The zero-order chi connectivity index (χ0) is 21.0. The van der Waals surface area contributed by atoms with Crippen molar-refractivity contribution in [3.63, 3.8) is 0 Å². The molecule has 0 heterocycles. The van der Waals surface area contributed by atoms with E-state index in [4.69, 9.17) is 0 Å². The average molecular weight is 473 g/mol. The highest BCUT2D eigenvalue weighted by atomic mass is 35.5. The highest BCUT2D eigenvalue weighted by molar-refractivity contribution is 6.37. The van der Waals surface area contributed by atoms with Crippen molar-refractivity contribution >= 4 is 34.8 Å². The van der Waals surface area contributed by atoms with Crippen molar-refractivity contribution < 1.29 is 57.1 Å². The molecule has 26 heavy (non-hydrogen) atoms. The lowest BCUT2D eigenvalue weighted by Crippen LogP contribution is -3.08. The van der Waals surface area contributed by atoms with Gasteiger partial charge in [-0.2, -0.15) is 0 Å². The quantitative estimate of drug-likeness (QED) is 0.323. The van der Waals surface area contributed by atoms with Gasteiger partial charge in [-0.25, -0.2) is 57.1 Å². The second-order valence-corrected chi connectivity index (χ2v) is 7.78. The molecule has 4 aliphatic rings. The predicted octanol–water partition coefficient (Wildman–Crippen LogP) is 5.48. The van der Waals surface area contributed by atoms with Gasteiger partial charge >= 0.3 is 41.2 Å². The molecule has 0 aromatic rings. The SMILES string of the molecule is FC1(F)C2(F)C(F)(F)C3(Cl)C(F)(F)C1(Cl)C(F)(F)C(Cl)(C2(F)F)C3(F)F. The lowest BCUT2D eigenvalue weighted by molar-refractivity contribution is -0.520. The first-order valence-electron chi connectivity index (χ1n) is 6.02. The van der Waals surface area contributed by atoms with Gasteiger partial charge in [0.2, 0.25) is 14.6 Å². The number of halogens is 16. The topological polar surface area (TPSA) is 0 Å². The smallest absolute Gasteiger partial charge is 0.223 e. The Labute approximate surface area is 148 Å². The maximum atomic E-state index is 14.5. The molecule has 4 aliphatic carbocycles. The number of rotatable bonds is 0. The fourth-order valence-corrected chi connectivity index (χ4v) is 5.18. The first kappa shape index (κ1) is 20.7. The van der Waals surface area contributed by atoms with Crippen LogP contribution in [0.2, 0.25) is 0 Å². The van der Waals surface area contributed by atoms with Gasteiger partial charge in [-0.05, 0) is 0 Å². The molecule has 0 saturated heterocycles. The number of hydrogen-bond acceptors (Lipinski definition) is 0. The summed E-state index contributed by atoms with van der Waals surface area (Å²) in [5, 5.41) is 0. The van der Waals surface area contributed by atoms with Crippen molar-refractivity contribution in [1.82, 2.24) is 0 Å². The molecule has 0 atom stereocenters. The van der Waals surface area contributed by atoms with Crippen LogP contribution in [-0.4, -0.2) is 55.8 Å². The third kappa shape index (κ3) is 1.08. The van der Waals surface area contributed by atoms with E-state index in [0.717, 1.165) is 0 Å². The summed E-state index contributed by atoms with van der Waals surface area (Å²) in [5.74, 6) is -42.2. The van der Waals surface area contributed by atoms with Gasteiger partial charge < -0.3 is 0 Å². The summed E-state index contributed by atoms with van der Waals surface area (Å²) in [6.07, 6.45) is 0. The first-order chi connectivity index (χ1) is 11.0. The van der Waals surface area contributed by atoms with E-state index in [-0.39, 0.29) is 0 Å². The summed E-state index contributed by atoms with van der Waals surface area (Å²) in [6.45, 7) is 0. The van der Waals surface area contributed by atoms with E-state index in [1.165, 1.54) is 0 Å². The van der Waals surface area contributed by atoms with Gasteiger partial charge in [-0.1, -0.05) is 34.8 Å². The molecule has 0 unspecified atom stereocenters. The summed E-state index contributed by atoms with van der Waals surface area (Å²) < 4.78 is 184. The van der Waals surface area contributed by atoms with Gasteiger partial charge in [0.25, 0.3) is 0 Å². The fraction of sp³-hybridized carbons (Fsp3) is 1.00. The lowest BCUT2D eigenvalue weighted by Gasteiger charge is -2.75. The molecule has 4 fully saturated rings. The van der Waals surface area contributed by atoms with Crippen LogP contribution in [-0.2, 0) is 0 Å². The van der Waals surface area contributed by atoms with Gasteiger partial charge in [0.05, 0.1) is 0 Å². The Balaban J connectivity index is 2.71. The molecule has 0 radical (unpaired) electrons. The van der Waals surface area contributed by atoms with Gasteiger partial charge in [0.15, 0.2) is 0 Å². The van der Waals surface area contributed by atoms with Gasteiger partial charge in [-0.15, -0.1) is 0 Å². The summed E-state index contributed by atoms with van der Waals surface area (Å²) in [4.78, 5) is -19.1. The van der Waals surface area contributed by atoms with Crippen molar-refractivity contribution in [3.05, 3.63) is 0 Å². The van der Waals surface area contributed by atoms with Crippen LogP contribution in [0.1, 0.15) is 0 Å². The predicted molar refractivity (Wildman–Crippen MR) is 59.3 cm³/mol. The highest BCUT2D eigenvalue weighted by Gasteiger charge is 3.20. The van der Waals surface area contributed by atoms with Gasteiger partial charge in [0.1, 0.15) is 0 Å². The minimum atomic E-state index is -7.17. The Morgan fingerprint density at radius 3 is 0.615 bits per heavy atom. The van der Waals surface area contributed by atoms with Crippen LogP contribution in [0.25, 0.3) is 0 Å². The molecular formula is C10Cl3F13. The molecule has 0 amide bonds. The Hall–Kier alpha value is -0.0400. The van der Waals surface area contributed by atoms with Crippen LogP contribution >= 0.6 is 34.8 Å². The van der Waals surface area contributed by atoms with Crippen molar-refractivity contribution in [3.8, 4) is 0 Å². The highest BCUT2D eigenvalue weighted by Crippen LogP contribution is 2.90. The van der Waals surface area contributed by atoms with Crippen LogP contribution in [0.15, 0.2) is 0 Å². The molecule has 4 rings (SSSR count). The molecular weight excluding hydrogens is 473 g/mol. The number of hydrogen-bond donors (Lipinski definition) is 0. The second-order valence-electron chi connectivity index (χ2n) is 6.08. The zero-order valence-electron chi connectivity index (χ0n) is 11.0. The van der Waals surface area contributed by atoms with Gasteiger partial charge in [-0.3, -0.25) is 0 Å². The van der Waals surface area contributed by atoms with E-state index < -0.39 is 55.8 Å². The Kier molecular flexibility index (Phi) is 3.17. The monoisotopic (exact) mass is 472 g/mol. The van der Waals surface area contributed by atoms with E-state index in [1.807, 2.05) is 0 Å². The standard InChI is InChI=1S/C10Cl3F13/c11-1-5(15,16)2(12)7(19,20)3(13,6(1,17)18)10(25,26)4(14,8(1,21)22)9(2,23)24. The van der Waals surface area contributed by atoms with Crippen LogP contribution in [0, 0.1) is 0 Å². The lowest BCUT2D eigenvalue weighted by atomic mass is 9.43. The van der Waals surface area contributed by atoms with Crippen molar-refractivity contribution in [2.75, 3.05) is 0 Å². The molecule has 4 bridgehead atoms. The van der Waals surface area contributed by atoms with E-state index in [9.17, 15) is 57.1 Å². The molecule has 0 nitrogen and oxygen atoms in total. The molecule has 4 saturated carbocycles. The number of alkyl halides is 16. The zero-order valence-corrected chi connectivity index (χ0v) is 13.3. The third-order valence-corrected chi connectivity index (χ3v) is 7.33. The van der Waals surface area contributed by atoms with Crippen LogP contribution in [0.3, 0.4) is 0 Å². The summed E-state index contributed by atoms with van der Waals surface area (Å²) in [7, 11) is 0.